The van der Waals surface area contributed by atoms with Gasteiger partial charge in [-0.2, -0.15) is 5.46 Å². The van der Waals surface area contributed by atoms with E-state index in [2.05, 4.69) is 72.7 Å². The van der Waals surface area contributed by atoms with Crippen molar-refractivity contribution in [1.82, 2.24) is 0 Å². The second-order valence-corrected chi connectivity index (χ2v) is 7.74. The first-order valence-corrected chi connectivity index (χ1v) is 7.12. The van der Waals surface area contributed by atoms with Crippen LogP contribution < -0.4 is 5.46 Å². The Kier molecular flexibility index (Phi) is 3.15. The predicted octanol–water partition coefficient (Wildman–Crippen LogP) is 3.74. The van der Waals surface area contributed by atoms with E-state index in [1.807, 2.05) is 6.07 Å². The van der Waals surface area contributed by atoms with Crippen LogP contribution in [0.1, 0.15) is 48.5 Å². The number of hydrogen-bond acceptors (Lipinski definition) is 2. The van der Waals surface area contributed by atoms with Gasteiger partial charge in [-0.15, -0.1) is 5.31 Å². The monoisotopic (exact) mass is 261 g/mol. The molecule has 0 bridgehead atoms. The maximum atomic E-state index is 6.54. The highest BCUT2D eigenvalue weighted by Gasteiger charge is 2.56. The lowest BCUT2D eigenvalue weighted by Crippen LogP contribution is -2.58. The summed E-state index contributed by atoms with van der Waals surface area (Å²) in [5, 5.41) is -0.0909. The van der Waals surface area contributed by atoms with E-state index in [9.17, 15) is 0 Å². The minimum Gasteiger partial charge on any atom is -0.558 e. The van der Waals surface area contributed by atoms with Crippen molar-refractivity contribution >= 4 is 12.0 Å². The number of rotatable bonds is 1. The lowest BCUT2D eigenvalue weighted by molar-refractivity contribution is 0.00578. The van der Waals surface area contributed by atoms with Gasteiger partial charge in [0.25, 0.3) is 6.55 Å². The molecule has 0 radical (unpaired) electrons. The second-order valence-electron chi connectivity index (χ2n) is 7.74. The predicted molar refractivity (Wildman–Crippen MR) is 81.9 cm³/mol. The number of benzene rings is 1. The molecular weight excluding hydrogens is 235 g/mol. The molecule has 0 amide bonds. The molecule has 0 aromatic heterocycles. The van der Waals surface area contributed by atoms with Gasteiger partial charge in [0, 0.05) is 11.2 Å². The van der Waals surface area contributed by atoms with E-state index in [1.54, 1.807) is 0 Å². The summed E-state index contributed by atoms with van der Waals surface area (Å²) in [6.07, 6.45) is 0. The minimum absolute atomic E-state index is 0.0909. The van der Waals surface area contributed by atoms with Crippen LogP contribution >= 0.6 is 0 Å². The molecule has 0 aliphatic carbocycles. The minimum atomic E-state index is -1.51. The molecule has 1 fully saturated rings. The molecule has 2 nitrogen and oxygen atoms in total. The average molecular weight is 261 g/mol. The molecule has 106 valence electrons. The summed E-state index contributed by atoms with van der Waals surface area (Å²) >= 11 is 0. The first-order chi connectivity index (χ1) is 8.52. The fourth-order valence-corrected chi connectivity index (χ4v) is 2.83. The van der Waals surface area contributed by atoms with Crippen molar-refractivity contribution in [1.29, 1.82) is 0 Å². The van der Waals surface area contributed by atoms with E-state index in [4.69, 9.17) is 9.31 Å². The van der Waals surface area contributed by atoms with Crippen molar-refractivity contribution in [3.05, 3.63) is 30.3 Å². The van der Waals surface area contributed by atoms with Crippen LogP contribution in [0.3, 0.4) is 0 Å². The SMILES string of the molecule is CC(C)(C)[B-]1(c2ccccc2)OC(C)(C)C(C)(C)O1. The highest BCUT2D eigenvalue weighted by molar-refractivity contribution is 6.84. The smallest absolute Gasteiger partial charge is 0.275 e. The summed E-state index contributed by atoms with van der Waals surface area (Å²) in [5.41, 5.74) is 0.528. The normalized spacial score (nSPS) is 24.4. The molecule has 0 atom stereocenters. The topological polar surface area (TPSA) is 18.5 Å². The van der Waals surface area contributed by atoms with Gasteiger partial charge in [0.05, 0.1) is 0 Å². The third-order valence-electron chi connectivity index (χ3n) is 4.75. The fraction of sp³-hybridized carbons (Fsp3) is 0.625. The van der Waals surface area contributed by atoms with Crippen LogP contribution in [0, 0.1) is 0 Å². The first-order valence-electron chi connectivity index (χ1n) is 7.12. The zero-order valence-electron chi connectivity index (χ0n) is 13.3. The number of hydrogen-bond donors (Lipinski definition) is 0. The van der Waals surface area contributed by atoms with Crippen LogP contribution in [0.4, 0.5) is 0 Å². The molecule has 3 heteroatoms. The van der Waals surface area contributed by atoms with E-state index in [0.29, 0.717) is 0 Å². The Morgan fingerprint density at radius 3 is 1.63 bits per heavy atom. The van der Waals surface area contributed by atoms with Gasteiger partial charge in [-0.3, -0.25) is 0 Å². The third kappa shape index (κ3) is 2.13. The maximum absolute atomic E-state index is 6.54. The highest BCUT2D eigenvalue weighted by atomic mass is 16.7. The van der Waals surface area contributed by atoms with E-state index in [0.717, 1.165) is 5.46 Å². The van der Waals surface area contributed by atoms with Gasteiger partial charge in [0.1, 0.15) is 0 Å². The summed E-state index contributed by atoms with van der Waals surface area (Å²) in [7, 11) is 0. The Morgan fingerprint density at radius 1 is 0.842 bits per heavy atom. The Hall–Kier alpha value is -0.795. The molecule has 19 heavy (non-hydrogen) atoms. The molecule has 1 heterocycles. The highest BCUT2D eigenvalue weighted by Crippen LogP contribution is 2.50. The molecule has 1 aromatic rings. The largest absolute Gasteiger partial charge is 0.558 e. The molecule has 0 saturated carbocycles. The van der Waals surface area contributed by atoms with Gasteiger partial charge < -0.3 is 9.31 Å². The Balaban J connectivity index is 2.59. The van der Waals surface area contributed by atoms with E-state index < -0.39 is 6.55 Å². The summed E-state index contributed by atoms with van der Waals surface area (Å²) in [4.78, 5) is 0. The summed E-state index contributed by atoms with van der Waals surface area (Å²) in [6.45, 7) is 13.5. The maximum Gasteiger partial charge on any atom is 0.275 e. The Labute approximate surface area is 117 Å². The van der Waals surface area contributed by atoms with Gasteiger partial charge in [0.15, 0.2) is 0 Å². The molecular formula is C16H26BO2-. The van der Waals surface area contributed by atoms with Gasteiger partial charge in [-0.1, -0.05) is 51.1 Å². The lowest BCUT2D eigenvalue weighted by Gasteiger charge is -2.49. The molecule has 0 unspecified atom stereocenters. The fourth-order valence-electron chi connectivity index (χ4n) is 2.83. The van der Waals surface area contributed by atoms with Crippen molar-refractivity contribution in [2.24, 2.45) is 0 Å². The Morgan fingerprint density at radius 2 is 1.26 bits per heavy atom. The van der Waals surface area contributed by atoms with Crippen LogP contribution in [0.15, 0.2) is 30.3 Å². The van der Waals surface area contributed by atoms with Gasteiger partial charge >= 0.3 is 0 Å². The van der Waals surface area contributed by atoms with E-state index in [1.165, 1.54) is 0 Å². The van der Waals surface area contributed by atoms with Gasteiger partial charge in [-0.25, -0.2) is 0 Å². The molecule has 1 saturated heterocycles. The summed E-state index contributed by atoms with van der Waals surface area (Å²) in [6, 6.07) is 10.4. The van der Waals surface area contributed by atoms with Crippen molar-refractivity contribution in [3.8, 4) is 0 Å². The van der Waals surface area contributed by atoms with Crippen molar-refractivity contribution in [3.63, 3.8) is 0 Å². The van der Waals surface area contributed by atoms with E-state index >= 15 is 0 Å². The third-order valence-corrected chi connectivity index (χ3v) is 4.75. The van der Waals surface area contributed by atoms with Crippen LogP contribution in [0.5, 0.6) is 0 Å². The lowest BCUT2D eigenvalue weighted by atomic mass is 9.36. The Bertz CT molecular complexity index is 441. The van der Waals surface area contributed by atoms with Crippen LogP contribution in [-0.2, 0) is 9.31 Å². The molecule has 2 rings (SSSR count). The van der Waals surface area contributed by atoms with Crippen LogP contribution in [0.2, 0.25) is 5.31 Å². The van der Waals surface area contributed by atoms with Crippen molar-refractivity contribution < 1.29 is 9.31 Å². The molecule has 1 aliphatic rings. The second kappa shape index (κ2) is 4.10. The van der Waals surface area contributed by atoms with Gasteiger partial charge in [0.2, 0.25) is 0 Å². The zero-order valence-corrected chi connectivity index (χ0v) is 13.3. The molecule has 0 N–H and O–H groups in total. The summed E-state index contributed by atoms with van der Waals surface area (Å²) < 4.78 is 13.1. The first kappa shape index (κ1) is 14.6. The van der Waals surface area contributed by atoms with Crippen molar-refractivity contribution in [2.75, 3.05) is 0 Å². The van der Waals surface area contributed by atoms with Crippen LogP contribution in [0.25, 0.3) is 0 Å². The van der Waals surface area contributed by atoms with Crippen LogP contribution in [-0.4, -0.2) is 17.8 Å². The molecule has 0 spiro atoms. The van der Waals surface area contributed by atoms with Gasteiger partial charge in [-0.05, 0) is 27.7 Å². The molecule has 1 aromatic carbocycles. The average Bonchev–Trinajstić information content (AvgIpc) is 2.46. The van der Waals surface area contributed by atoms with E-state index in [-0.39, 0.29) is 16.5 Å². The molecule has 1 aliphatic heterocycles. The standard InChI is InChI=1S/C16H26BO2/c1-14(2,3)17(13-11-9-8-10-12-13)18-15(4,5)16(6,7)19-17/h8-12H,1-7H3/q-1. The quantitative estimate of drug-likeness (QED) is 0.717. The zero-order chi connectivity index (χ0) is 14.5. The summed E-state index contributed by atoms with van der Waals surface area (Å²) in [5.74, 6) is 0. The van der Waals surface area contributed by atoms with Crippen molar-refractivity contribution in [2.45, 2.75) is 65.0 Å².